The fraction of sp³-hybridized carbons (Fsp3) is 0.889. The van der Waals surface area contributed by atoms with Crippen LogP contribution in [0.2, 0.25) is 0 Å². The third kappa shape index (κ3) is 2.91. The molecule has 0 aromatic carbocycles. The molecule has 1 fully saturated rings. The van der Waals surface area contributed by atoms with E-state index in [4.69, 9.17) is 0 Å². The van der Waals surface area contributed by atoms with Gasteiger partial charge in [-0.15, -0.1) is 0 Å². The molecule has 0 heterocycles. The van der Waals surface area contributed by atoms with E-state index in [9.17, 15) is 4.79 Å². The van der Waals surface area contributed by atoms with Crippen molar-refractivity contribution >= 4 is 5.91 Å². The molecule has 0 radical (unpaired) electrons. The monoisotopic (exact) mass is 155 g/mol. The lowest BCUT2D eigenvalue weighted by Gasteiger charge is -2.08. The molecule has 0 bridgehead atoms. The number of nitrogens with one attached hydrogen (secondary N) is 1. The van der Waals surface area contributed by atoms with Gasteiger partial charge in [0.05, 0.1) is 0 Å². The summed E-state index contributed by atoms with van der Waals surface area (Å²) in [6, 6.07) is 0. The van der Waals surface area contributed by atoms with Gasteiger partial charge in [0.15, 0.2) is 0 Å². The Kier molecular flexibility index (Phi) is 2.53. The molecule has 0 aliphatic heterocycles. The summed E-state index contributed by atoms with van der Waals surface area (Å²) in [5.41, 5.74) is 0.448. The van der Waals surface area contributed by atoms with Gasteiger partial charge in [-0.25, -0.2) is 0 Å². The van der Waals surface area contributed by atoms with Crippen molar-refractivity contribution < 1.29 is 4.79 Å². The third-order valence-corrected chi connectivity index (χ3v) is 2.29. The Morgan fingerprint density at radius 3 is 2.64 bits per heavy atom. The topological polar surface area (TPSA) is 29.1 Å². The smallest absolute Gasteiger partial charge is 0.220 e. The Balaban J connectivity index is 2.06. The molecule has 1 saturated carbocycles. The number of rotatable bonds is 4. The molecule has 2 nitrogen and oxygen atoms in total. The van der Waals surface area contributed by atoms with E-state index in [0.717, 1.165) is 13.0 Å². The molecule has 11 heavy (non-hydrogen) atoms. The summed E-state index contributed by atoms with van der Waals surface area (Å²) in [6.45, 7) is 5.13. The first-order chi connectivity index (χ1) is 5.16. The average Bonchev–Trinajstić information content (AvgIpc) is 2.66. The first-order valence-corrected chi connectivity index (χ1v) is 4.43. The fourth-order valence-corrected chi connectivity index (χ4v) is 1.02. The van der Waals surface area contributed by atoms with Crippen LogP contribution in [0.5, 0.6) is 0 Å². The summed E-state index contributed by atoms with van der Waals surface area (Å²) < 4.78 is 0. The minimum Gasteiger partial charge on any atom is -0.356 e. The van der Waals surface area contributed by atoms with Crippen LogP contribution in [0.15, 0.2) is 0 Å². The minimum absolute atomic E-state index is 0.209. The summed E-state index contributed by atoms with van der Waals surface area (Å²) in [5, 5.41) is 2.95. The van der Waals surface area contributed by atoms with E-state index in [1.165, 1.54) is 12.8 Å². The van der Waals surface area contributed by atoms with E-state index < -0.39 is 0 Å². The Morgan fingerprint density at radius 2 is 2.18 bits per heavy atom. The lowest BCUT2D eigenvalue weighted by molar-refractivity contribution is -0.121. The van der Waals surface area contributed by atoms with Crippen molar-refractivity contribution in [1.29, 1.82) is 0 Å². The molecule has 2 heteroatoms. The summed E-state index contributed by atoms with van der Waals surface area (Å²) in [5.74, 6) is 0.209. The third-order valence-electron chi connectivity index (χ3n) is 2.29. The Morgan fingerprint density at radius 1 is 1.55 bits per heavy atom. The van der Waals surface area contributed by atoms with Gasteiger partial charge in [-0.2, -0.15) is 0 Å². The molecule has 1 rings (SSSR count). The zero-order chi connectivity index (χ0) is 8.32. The molecule has 0 saturated heterocycles. The average molecular weight is 155 g/mol. The maximum absolute atomic E-state index is 11.0. The van der Waals surface area contributed by atoms with Crippen LogP contribution in [0, 0.1) is 5.41 Å². The zero-order valence-electron chi connectivity index (χ0n) is 7.44. The van der Waals surface area contributed by atoms with Crippen LogP contribution in [0.4, 0.5) is 0 Å². The zero-order valence-corrected chi connectivity index (χ0v) is 7.44. The molecule has 0 aromatic heterocycles. The van der Waals surface area contributed by atoms with Gasteiger partial charge in [-0.1, -0.05) is 13.8 Å². The molecule has 0 spiro atoms. The minimum atomic E-state index is 0.209. The predicted octanol–water partition coefficient (Wildman–Crippen LogP) is 1.70. The molecule has 0 unspecified atom stereocenters. The lowest BCUT2D eigenvalue weighted by atomic mass is 10.1. The van der Waals surface area contributed by atoms with Crippen LogP contribution in [-0.2, 0) is 4.79 Å². The molecule has 1 aliphatic rings. The van der Waals surface area contributed by atoms with Crippen LogP contribution in [0.3, 0.4) is 0 Å². The van der Waals surface area contributed by atoms with Crippen molar-refractivity contribution in [2.75, 3.05) is 6.54 Å². The van der Waals surface area contributed by atoms with Gasteiger partial charge in [0.1, 0.15) is 0 Å². The molecule has 0 aromatic rings. The summed E-state index contributed by atoms with van der Waals surface area (Å²) in [4.78, 5) is 11.0. The Labute approximate surface area is 68.4 Å². The predicted molar refractivity (Wildman–Crippen MR) is 45.3 cm³/mol. The maximum atomic E-state index is 11.0. The van der Waals surface area contributed by atoms with Crippen molar-refractivity contribution in [3.05, 3.63) is 0 Å². The largest absolute Gasteiger partial charge is 0.356 e. The van der Waals surface area contributed by atoms with Crippen LogP contribution >= 0.6 is 0 Å². The summed E-state index contributed by atoms with van der Waals surface area (Å²) in [6.07, 6.45) is 4.18. The van der Waals surface area contributed by atoms with Crippen molar-refractivity contribution in [2.45, 2.75) is 39.5 Å². The van der Waals surface area contributed by atoms with Gasteiger partial charge in [-0.05, 0) is 24.7 Å². The van der Waals surface area contributed by atoms with Crippen molar-refractivity contribution in [3.8, 4) is 0 Å². The van der Waals surface area contributed by atoms with Crippen LogP contribution in [0.25, 0.3) is 0 Å². The van der Waals surface area contributed by atoms with Crippen LogP contribution in [-0.4, -0.2) is 12.5 Å². The second kappa shape index (κ2) is 3.24. The number of hydrogen-bond acceptors (Lipinski definition) is 1. The second-order valence-electron chi connectivity index (χ2n) is 3.84. The quantitative estimate of drug-likeness (QED) is 0.657. The first kappa shape index (κ1) is 8.57. The number of hydrogen-bond donors (Lipinski definition) is 1. The SMILES string of the molecule is CCCC(=O)NCC1(C)CC1. The van der Waals surface area contributed by atoms with Gasteiger partial charge in [0.2, 0.25) is 5.91 Å². The normalized spacial score (nSPS) is 19.5. The van der Waals surface area contributed by atoms with Crippen molar-refractivity contribution in [1.82, 2.24) is 5.32 Å². The first-order valence-electron chi connectivity index (χ1n) is 4.43. The van der Waals surface area contributed by atoms with Crippen LogP contribution < -0.4 is 5.32 Å². The standard InChI is InChI=1S/C9H17NO/c1-3-4-8(11)10-7-9(2)5-6-9/h3-7H2,1-2H3,(H,10,11). The van der Waals surface area contributed by atoms with Gasteiger partial charge in [0.25, 0.3) is 0 Å². The molecular weight excluding hydrogens is 138 g/mol. The lowest BCUT2D eigenvalue weighted by Crippen LogP contribution is -2.28. The van der Waals surface area contributed by atoms with E-state index in [0.29, 0.717) is 11.8 Å². The highest BCUT2D eigenvalue weighted by molar-refractivity contribution is 5.75. The number of amides is 1. The second-order valence-corrected chi connectivity index (χ2v) is 3.84. The number of carbonyl (C=O) groups excluding carboxylic acids is 1. The molecular formula is C9H17NO. The van der Waals surface area contributed by atoms with E-state index in [1.807, 2.05) is 6.92 Å². The molecule has 1 amide bonds. The van der Waals surface area contributed by atoms with E-state index in [1.54, 1.807) is 0 Å². The molecule has 64 valence electrons. The fourth-order valence-electron chi connectivity index (χ4n) is 1.02. The van der Waals surface area contributed by atoms with Gasteiger partial charge in [-0.3, -0.25) is 4.79 Å². The van der Waals surface area contributed by atoms with Gasteiger partial charge in [0, 0.05) is 13.0 Å². The van der Waals surface area contributed by atoms with Gasteiger partial charge >= 0.3 is 0 Å². The Hall–Kier alpha value is -0.530. The highest BCUT2D eigenvalue weighted by Gasteiger charge is 2.37. The van der Waals surface area contributed by atoms with E-state index >= 15 is 0 Å². The molecule has 0 atom stereocenters. The summed E-state index contributed by atoms with van der Waals surface area (Å²) >= 11 is 0. The number of carbonyl (C=O) groups is 1. The van der Waals surface area contributed by atoms with Crippen molar-refractivity contribution in [3.63, 3.8) is 0 Å². The summed E-state index contributed by atoms with van der Waals surface area (Å²) in [7, 11) is 0. The highest BCUT2D eigenvalue weighted by atomic mass is 16.1. The van der Waals surface area contributed by atoms with Crippen LogP contribution in [0.1, 0.15) is 39.5 Å². The molecule has 1 aliphatic carbocycles. The van der Waals surface area contributed by atoms with E-state index in [2.05, 4.69) is 12.2 Å². The highest BCUT2D eigenvalue weighted by Crippen LogP contribution is 2.43. The Bertz CT molecular complexity index is 150. The molecule has 1 N–H and O–H groups in total. The van der Waals surface area contributed by atoms with E-state index in [-0.39, 0.29) is 5.91 Å². The van der Waals surface area contributed by atoms with Crippen molar-refractivity contribution in [2.24, 2.45) is 5.41 Å². The van der Waals surface area contributed by atoms with Gasteiger partial charge < -0.3 is 5.32 Å². The maximum Gasteiger partial charge on any atom is 0.220 e.